The lowest BCUT2D eigenvalue weighted by atomic mass is 10.2. The summed E-state index contributed by atoms with van der Waals surface area (Å²) in [7, 11) is 0. The number of carbonyl (C=O) groups excluding carboxylic acids is 2. The number of ether oxygens (including phenoxy) is 1. The van der Waals surface area contributed by atoms with Gasteiger partial charge in [0.05, 0.1) is 17.8 Å². The molecule has 1 saturated heterocycles. The van der Waals surface area contributed by atoms with Gasteiger partial charge in [0.15, 0.2) is 0 Å². The van der Waals surface area contributed by atoms with E-state index in [0.29, 0.717) is 17.9 Å². The average molecular weight is 357 g/mol. The normalized spacial score (nSPS) is 13.7. The summed E-state index contributed by atoms with van der Waals surface area (Å²) in [5, 5.41) is 6.57. The number of carbonyl (C=O) groups is 2. The van der Waals surface area contributed by atoms with Gasteiger partial charge in [-0.15, -0.1) is 0 Å². The highest BCUT2D eigenvalue weighted by atomic mass is 16.5. The highest BCUT2D eigenvalue weighted by molar-refractivity contribution is 5.96. The Hall–Kier alpha value is -2.83. The predicted octanol–water partition coefficient (Wildman–Crippen LogP) is 2.22. The molecule has 1 aliphatic heterocycles. The predicted molar refractivity (Wildman–Crippen MR) is 94.9 cm³/mol. The molecule has 7 nitrogen and oxygen atoms in total. The summed E-state index contributed by atoms with van der Waals surface area (Å²) in [6, 6.07) is 6.89. The van der Waals surface area contributed by atoms with Gasteiger partial charge in [0.1, 0.15) is 18.1 Å². The van der Waals surface area contributed by atoms with E-state index in [4.69, 9.17) is 9.26 Å². The molecular weight excluding hydrogens is 334 g/mol. The number of nitrogens with one attached hydrogen (secondary N) is 1. The van der Waals surface area contributed by atoms with Crippen LogP contribution in [0, 0.1) is 13.8 Å². The molecule has 7 heteroatoms. The SMILES string of the molecule is Cc1noc(C)c1COc1cccc(C(=O)NCC(=O)N2CCCC2)c1. The lowest BCUT2D eigenvalue weighted by Gasteiger charge is -2.15. The smallest absolute Gasteiger partial charge is 0.251 e. The Labute approximate surface area is 152 Å². The molecule has 0 bridgehead atoms. The molecule has 0 spiro atoms. The van der Waals surface area contributed by atoms with Crippen LogP contribution in [0.1, 0.15) is 40.2 Å². The standard InChI is InChI=1S/C19H23N3O4/c1-13-17(14(2)26-21-13)12-25-16-7-5-6-15(10-16)19(24)20-11-18(23)22-8-3-4-9-22/h5-7,10H,3-4,8-9,11-12H2,1-2H3,(H,20,24). The summed E-state index contributed by atoms with van der Waals surface area (Å²) in [5.74, 6) is 0.961. The molecule has 1 fully saturated rings. The largest absolute Gasteiger partial charge is 0.489 e. The van der Waals surface area contributed by atoms with Crippen molar-refractivity contribution < 1.29 is 18.8 Å². The van der Waals surface area contributed by atoms with Crippen molar-refractivity contribution in [3.05, 3.63) is 46.8 Å². The van der Waals surface area contributed by atoms with Crippen molar-refractivity contribution in [1.82, 2.24) is 15.4 Å². The molecule has 1 aromatic carbocycles. The first-order chi connectivity index (χ1) is 12.5. The maximum absolute atomic E-state index is 12.3. The maximum Gasteiger partial charge on any atom is 0.251 e. The van der Waals surface area contributed by atoms with Crippen LogP contribution in [0.4, 0.5) is 0 Å². The van der Waals surface area contributed by atoms with Crippen LogP contribution >= 0.6 is 0 Å². The molecule has 0 aliphatic carbocycles. The Morgan fingerprint density at radius 3 is 2.73 bits per heavy atom. The van der Waals surface area contributed by atoms with E-state index in [2.05, 4.69) is 10.5 Å². The summed E-state index contributed by atoms with van der Waals surface area (Å²) in [6.07, 6.45) is 2.06. The molecule has 0 unspecified atom stereocenters. The van der Waals surface area contributed by atoms with Gasteiger partial charge in [-0.2, -0.15) is 0 Å². The maximum atomic E-state index is 12.3. The summed E-state index contributed by atoms with van der Waals surface area (Å²) in [6.45, 7) is 5.58. The minimum Gasteiger partial charge on any atom is -0.489 e. The summed E-state index contributed by atoms with van der Waals surface area (Å²) in [5.41, 5.74) is 2.14. The highest BCUT2D eigenvalue weighted by Crippen LogP contribution is 2.18. The lowest BCUT2D eigenvalue weighted by Crippen LogP contribution is -2.38. The van der Waals surface area contributed by atoms with Gasteiger partial charge in [0.25, 0.3) is 5.91 Å². The molecule has 0 radical (unpaired) electrons. The molecular formula is C19H23N3O4. The van der Waals surface area contributed by atoms with Gasteiger partial charge in [-0.3, -0.25) is 9.59 Å². The molecule has 2 amide bonds. The van der Waals surface area contributed by atoms with Gasteiger partial charge >= 0.3 is 0 Å². The van der Waals surface area contributed by atoms with E-state index < -0.39 is 0 Å². The van der Waals surface area contributed by atoms with Gasteiger partial charge in [0, 0.05) is 18.7 Å². The van der Waals surface area contributed by atoms with E-state index in [-0.39, 0.29) is 18.4 Å². The molecule has 138 valence electrons. The highest BCUT2D eigenvalue weighted by Gasteiger charge is 2.18. The Bertz CT molecular complexity index is 774. The average Bonchev–Trinajstić information content (AvgIpc) is 3.29. The number of hydrogen-bond donors (Lipinski definition) is 1. The zero-order chi connectivity index (χ0) is 18.5. The zero-order valence-corrected chi connectivity index (χ0v) is 15.1. The zero-order valence-electron chi connectivity index (χ0n) is 15.1. The molecule has 2 aromatic rings. The van der Waals surface area contributed by atoms with Crippen LogP contribution in [-0.2, 0) is 11.4 Å². The number of benzene rings is 1. The van der Waals surface area contributed by atoms with Crippen molar-refractivity contribution >= 4 is 11.8 Å². The fraction of sp³-hybridized carbons (Fsp3) is 0.421. The number of aromatic nitrogens is 1. The fourth-order valence-electron chi connectivity index (χ4n) is 2.93. The van der Waals surface area contributed by atoms with Crippen LogP contribution in [0.3, 0.4) is 0 Å². The van der Waals surface area contributed by atoms with Crippen LogP contribution in [0.2, 0.25) is 0 Å². The Balaban J connectivity index is 1.56. The number of aryl methyl sites for hydroxylation is 2. The van der Waals surface area contributed by atoms with Gasteiger partial charge in [-0.05, 0) is 44.9 Å². The van der Waals surface area contributed by atoms with Crippen LogP contribution < -0.4 is 10.1 Å². The topological polar surface area (TPSA) is 84.7 Å². The van der Waals surface area contributed by atoms with Crippen molar-refractivity contribution in [2.24, 2.45) is 0 Å². The lowest BCUT2D eigenvalue weighted by molar-refractivity contribution is -0.129. The second kappa shape index (κ2) is 8.03. The Morgan fingerprint density at radius 2 is 2.04 bits per heavy atom. The van der Waals surface area contributed by atoms with Crippen molar-refractivity contribution in [2.75, 3.05) is 19.6 Å². The first-order valence-electron chi connectivity index (χ1n) is 8.75. The third-order valence-corrected chi connectivity index (χ3v) is 4.52. The van der Waals surface area contributed by atoms with Gasteiger partial charge in [-0.1, -0.05) is 11.2 Å². The number of amides is 2. The van der Waals surface area contributed by atoms with Crippen molar-refractivity contribution in [3.8, 4) is 5.75 Å². The summed E-state index contributed by atoms with van der Waals surface area (Å²) in [4.78, 5) is 26.1. The molecule has 1 aromatic heterocycles. The van der Waals surface area contributed by atoms with E-state index >= 15 is 0 Å². The first kappa shape index (κ1) is 18.0. The number of nitrogens with zero attached hydrogens (tertiary/aromatic N) is 2. The molecule has 2 heterocycles. The molecule has 3 rings (SSSR count). The quantitative estimate of drug-likeness (QED) is 0.857. The third-order valence-electron chi connectivity index (χ3n) is 4.52. The number of rotatable bonds is 6. The fourth-order valence-corrected chi connectivity index (χ4v) is 2.93. The van der Waals surface area contributed by atoms with Gasteiger partial charge in [-0.25, -0.2) is 0 Å². The van der Waals surface area contributed by atoms with E-state index in [1.54, 1.807) is 29.2 Å². The molecule has 0 atom stereocenters. The first-order valence-corrected chi connectivity index (χ1v) is 8.75. The van der Waals surface area contributed by atoms with Gasteiger partial charge in [0.2, 0.25) is 5.91 Å². The number of hydrogen-bond acceptors (Lipinski definition) is 5. The minimum atomic E-state index is -0.291. The second-order valence-electron chi connectivity index (χ2n) is 6.39. The monoisotopic (exact) mass is 357 g/mol. The van der Waals surface area contributed by atoms with E-state index in [1.165, 1.54) is 0 Å². The van der Waals surface area contributed by atoms with Crippen LogP contribution in [0.5, 0.6) is 5.75 Å². The Morgan fingerprint density at radius 1 is 1.27 bits per heavy atom. The summed E-state index contributed by atoms with van der Waals surface area (Å²) < 4.78 is 10.9. The van der Waals surface area contributed by atoms with Crippen molar-refractivity contribution in [3.63, 3.8) is 0 Å². The summed E-state index contributed by atoms with van der Waals surface area (Å²) >= 11 is 0. The van der Waals surface area contributed by atoms with Crippen LogP contribution in [0.15, 0.2) is 28.8 Å². The second-order valence-corrected chi connectivity index (χ2v) is 6.39. The van der Waals surface area contributed by atoms with Crippen molar-refractivity contribution in [2.45, 2.75) is 33.3 Å². The number of likely N-dealkylation sites (tertiary alicyclic amines) is 1. The van der Waals surface area contributed by atoms with Crippen LogP contribution in [-0.4, -0.2) is 41.5 Å². The van der Waals surface area contributed by atoms with E-state index in [1.807, 2.05) is 13.8 Å². The van der Waals surface area contributed by atoms with Gasteiger partial charge < -0.3 is 19.5 Å². The van der Waals surface area contributed by atoms with Crippen molar-refractivity contribution in [1.29, 1.82) is 0 Å². The van der Waals surface area contributed by atoms with Crippen LogP contribution in [0.25, 0.3) is 0 Å². The molecule has 26 heavy (non-hydrogen) atoms. The van der Waals surface area contributed by atoms with E-state index in [0.717, 1.165) is 42.9 Å². The Kier molecular flexibility index (Phi) is 5.55. The third kappa shape index (κ3) is 4.22. The van der Waals surface area contributed by atoms with E-state index in [9.17, 15) is 9.59 Å². The minimum absolute atomic E-state index is 0.0169. The molecule has 1 N–H and O–H groups in total. The molecule has 0 saturated carbocycles. The molecule has 1 aliphatic rings.